The van der Waals surface area contributed by atoms with E-state index in [1.54, 1.807) is 6.07 Å². The molecule has 162 valence electrons. The minimum atomic E-state index is -0.354. The fraction of sp³-hybridized carbons (Fsp3) is 0.391. The molecule has 2 aromatic carbocycles. The lowest BCUT2D eigenvalue weighted by Crippen LogP contribution is -2.63. The van der Waals surface area contributed by atoms with Gasteiger partial charge in [-0.15, -0.1) is 0 Å². The van der Waals surface area contributed by atoms with Crippen LogP contribution in [0.25, 0.3) is 11.1 Å². The lowest BCUT2D eigenvalue weighted by atomic mass is 9.90. The Hall–Kier alpha value is -2.64. The van der Waals surface area contributed by atoms with Gasteiger partial charge in [-0.25, -0.2) is 9.18 Å². The van der Waals surface area contributed by atoms with Crippen LogP contribution in [0.5, 0.6) is 0 Å². The third kappa shape index (κ3) is 4.00. The molecule has 0 radical (unpaired) electrons. The molecule has 6 nitrogen and oxygen atoms in total. The van der Waals surface area contributed by atoms with Crippen LogP contribution in [0.4, 0.5) is 9.18 Å². The van der Waals surface area contributed by atoms with Crippen molar-refractivity contribution in [2.75, 3.05) is 32.8 Å². The van der Waals surface area contributed by atoms with Crippen LogP contribution in [-0.4, -0.2) is 66.7 Å². The van der Waals surface area contributed by atoms with Gasteiger partial charge in [0.25, 0.3) is 0 Å². The van der Waals surface area contributed by atoms with E-state index in [2.05, 4.69) is 5.32 Å². The average Bonchev–Trinajstić information content (AvgIpc) is 2.73. The highest BCUT2D eigenvalue weighted by Crippen LogP contribution is 2.33. The third-order valence-corrected chi connectivity index (χ3v) is 6.68. The number of benzene rings is 2. The Labute approximate surface area is 184 Å². The average molecular weight is 444 g/mol. The van der Waals surface area contributed by atoms with Crippen molar-refractivity contribution < 1.29 is 18.7 Å². The second kappa shape index (κ2) is 8.13. The van der Waals surface area contributed by atoms with Gasteiger partial charge >= 0.3 is 6.03 Å². The second-order valence-electron chi connectivity index (χ2n) is 8.39. The van der Waals surface area contributed by atoms with Crippen molar-refractivity contribution in [3.63, 3.8) is 0 Å². The van der Waals surface area contributed by atoms with Crippen LogP contribution < -0.4 is 5.32 Å². The zero-order valence-corrected chi connectivity index (χ0v) is 17.6. The molecule has 1 N–H and O–H groups in total. The van der Waals surface area contributed by atoms with Crippen LogP contribution in [-0.2, 0) is 9.53 Å². The number of ether oxygens (including phenoxy) is 1. The van der Waals surface area contributed by atoms with Crippen molar-refractivity contribution in [1.29, 1.82) is 0 Å². The molecule has 5 rings (SSSR count). The maximum absolute atomic E-state index is 13.3. The molecular weight excluding hydrogens is 421 g/mol. The van der Waals surface area contributed by atoms with Crippen LogP contribution in [0.2, 0.25) is 5.02 Å². The fourth-order valence-corrected chi connectivity index (χ4v) is 4.85. The molecule has 2 aromatic rings. The van der Waals surface area contributed by atoms with Crippen molar-refractivity contribution in [3.8, 4) is 11.1 Å². The molecule has 3 aliphatic rings. The Morgan fingerprint density at radius 2 is 1.87 bits per heavy atom. The number of urea groups is 1. The van der Waals surface area contributed by atoms with Gasteiger partial charge in [0.2, 0.25) is 5.91 Å². The minimum Gasteiger partial charge on any atom is -0.366 e. The molecule has 0 unspecified atom stereocenters. The maximum Gasteiger partial charge on any atom is 0.320 e. The van der Waals surface area contributed by atoms with E-state index >= 15 is 0 Å². The van der Waals surface area contributed by atoms with Crippen molar-refractivity contribution in [1.82, 2.24) is 15.1 Å². The zero-order valence-electron chi connectivity index (χ0n) is 16.9. The van der Waals surface area contributed by atoms with E-state index in [-0.39, 0.29) is 42.4 Å². The summed E-state index contributed by atoms with van der Waals surface area (Å²) in [6.07, 6.45) is 0.737. The molecule has 0 aromatic heterocycles. The standard InChI is InChI=1S/C23H23ClFN3O3/c24-19-9-17(25)5-6-18(19)15-3-1-14(2-4-15)16-10-28(11-16)23(30)27-8-7-21-20(12-27)26-22(29)13-31-21/h1-6,9,16,20-21H,7-8,10-13H2,(H,26,29)/t20-,21+/m1/s1. The predicted molar refractivity (Wildman–Crippen MR) is 114 cm³/mol. The lowest BCUT2D eigenvalue weighted by Gasteiger charge is -2.46. The summed E-state index contributed by atoms with van der Waals surface area (Å²) >= 11 is 6.16. The van der Waals surface area contributed by atoms with Crippen LogP contribution in [0.15, 0.2) is 42.5 Å². The molecule has 3 aliphatic heterocycles. The van der Waals surface area contributed by atoms with Crippen molar-refractivity contribution in [2.45, 2.75) is 24.5 Å². The zero-order chi connectivity index (χ0) is 21.5. The largest absolute Gasteiger partial charge is 0.366 e. The summed E-state index contributed by atoms with van der Waals surface area (Å²) in [5, 5.41) is 3.32. The van der Waals surface area contributed by atoms with E-state index in [0.29, 0.717) is 31.2 Å². The fourth-order valence-electron chi connectivity index (χ4n) is 4.58. The Morgan fingerprint density at radius 3 is 2.61 bits per heavy atom. The number of nitrogens with zero attached hydrogens (tertiary/aromatic N) is 2. The van der Waals surface area contributed by atoms with Gasteiger partial charge in [-0.05, 0) is 35.7 Å². The molecule has 0 saturated carbocycles. The van der Waals surface area contributed by atoms with Gasteiger partial charge in [0.15, 0.2) is 0 Å². The van der Waals surface area contributed by atoms with Crippen molar-refractivity contribution >= 4 is 23.5 Å². The molecule has 31 heavy (non-hydrogen) atoms. The summed E-state index contributed by atoms with van der Waals surface area (Å²) in [6, 6.07) is 12.3. The number of hydrogen-bond acceptors (Lipinski definition) is 3. The number of halogens is 2. The molecule has 0 aliphatic carbocycles. The van der Waals surface area contributed by atoms with E-state index in [1.165, 1.54) is 12.1 Å². The number of piperidine rings is 1. The Balaban J connectivity index is 1.18. The number of morpholine rings is 1. The normalized spacial score (nSPS) is 23.7. The summed E-state index contributed by atoms with van der Waals surface area (Å²) in [5.41, 5.74) is 2.89. The maximum atomic E-state index is 13.3. The van der Waals surface area contributed by atoms with Crippen molar-refractivity contribution in [2.24, 2.45) is 0 Å². The highest BCUT2D eigenvalue weighted by Gasteiger charge is 2.40. The monoisotopic (exact) mass is 443 g/mol. The van der Waals surface area contributed by atoms with Gasteiger partial charge in [-0.3, -0.25) is 4.79 Å². The van der Waals surface area contributed by atoms with Crippen molar-refractivity contribution in [3.05, 3.63) is 58.9 Å². The van der Waals surface area contributed by atoms with Crippen LogP contribution in [0, 0.1) is 5.82 Å². The first kappa shape index (κ1) is 20.3. The Kier molecular flexibility index (Phi) is 5.32. The topological polar surface area (TPSA) is 61.9 Å². The minimum absolute atomic E-state index is 0.000913. The summed E-state index contributed by atoms with van der Waals surface area (Å²) in [4.78, 5) is 28.1. The molecule has 3 heterocycles. The van der Waals surface area contributed by atoms with E-state index in [0.717, 1.165) is 23.1 Å². The van der Waals surface area contributed by atoms with Gasteiger partial charge in [-0.1, -0.05) is 35.9 Å². The first-order valence-corrected chi connectivity index (χ1v) is 10.9. The van der Waals surface area contributed by atoms with Gasteiger partial charge in [0, 0.05) is 37.7 Å². The number of fused-ring (bicyclic) bond motifs is 1. The molecule has 8 heteroatoms. The van der Waals surface area contributed by atoms with E-state index in [1.807, 2.05) is 34.1 Å². The highest BCUT2D eigenvalue weighted by molar-refractivity contribution is 6.33. The summed E-state index contributed by atoms with van der Waals surface area (Å²) in [5.74, 6) is -0.186. The number of amides is 3. The quantitative estimate of drug-likeness (QED) is 0.775. The highest BCUT2D eigenvalue weighted by atomic mass is 35.5. The molecule has 2 atom stereocenters. The molecule has 3 saturated heterocycles. The molecule has 0 bridgehead atoms. The smallest absolute Gasteiger partial charge is 0.320 e. The number of hydrogen-bond donors (Lipinski definition) is 1. The molecule has 3 amide bonds. The summed E-state index contributed by atoms with van der Waals surface area (Å²) in [6.45, 7) is 2.58. The number of likely N-dealkylation sites (tertiary alicyclic amines) is 2. The number of carbonyl (C=O) groups is 2. The Morgan fingerprint density at radius 1 is 1.10 bits per heavy atom. The predicted octanol–water partition coefficient (Wildman–Crippen LogP) is 3.25. The number of rotatable bonds is 2. The van der Waals surface area contributed by atoms with E-state index in [4.69, 9.17) is 16.3 Å². The first-order chi connectivity index (χ1) is 15.0. The number of nitrogens with one attached hydrogen (secondary N) is 1. The Bertz CT molecular complexity index is 1010. The summed E-state index contributed by atoms with van der Waals surface area (Å²) in [7, 11) is 0. The lowest BCUT2D eigenvalue weighted by molar-refractivity contribution is -0.139. The van der Waals surface area contributed by atoms with Gasteiger partial charge in [0.05, 0.1) is 17.2 Å². The van der Waals surface area contributed by atoms with Crippen LogP contribution in [0.3, 0.4) is 0 Å². The first-order valence-electron chi connectivity index (χ1n) is 10.5. The molecule has 3 fully saturated rings. The second-order valence-corrected chi connectivity index (χ2v) is 8.80. The van der Waals surface area contributed by atoms with Gasteiger partial charge in [-0.2, -0.15) is 0 Å². The van der Waals surface area contributed by atoms with Gasteiger partial charge in [0.1, 0.15) is 12.4 Å². The molecular formula is C23H23ClFN3O3. The van der Waals surface area contributed by atoms with Crippen LogP contribution in [0.1, 0.15) is 17.9 Å². The summed E-state index contributed by atoms with van der Waals surface area (Å²) < 4.78 is 18.8. The number of carbonyl (C=O) groups excluding carboxylic acids is 2. The SMILES string of the molecule is O=C1CO[C@H]2CCN(C(=O)N3CC(c4ccc(-c5ccc(F)cc5Cl)cc4)C3)C[C@H]2N1. The van der Waals surface area contributed by atoms with E-state index in [9.17, 15) is 14.0 Å². The molecule has 0 spiro atoms. The van der Waals surface area contributed by atoms with Crippen LogP contribution >= 0.6 is 11.6 Å². The van der Waals surface area contributed by atoms with E-state index < -0.39 is 0 Å². The van der Waals surface area contributed by atoms with Gasteiger partial charge < -0.3 is 19.9 Å². The third-order valence-electron chi connectivity index (χ3n) is 6.37.